The molecule has 70 heavy (non-hydrogen) atoms. The molecule has 1 aromatic rings. The third-order valence-corrected chi connectivity index (χ3v) is 15.0. The Bertz CT molecular complexity index is 1950. The predicted molar refractivity (Wildman–Crippen MR) is 257 cm³/mol. The molecule has 5 unspecified atom stereocenters. The van der Waals surface area contributed by atoms with Crippen molar-refractivity contribution < 1.29 is 70.4 Å². The molecule has 0 N–H and O–H groups in total. The molecule has 1 heterocycles. The summed E-state index contributed by atoms with van der Waals surface area (Å²) in [5.41, 5.74) is 1.27. The number of rotatable bonds is 12. The molecule has 15 heteroatoms. The highest BCUT2D eigenvalue weighted by atomic mass is 19.4. The second-order valence-electron chi connectivity index (χ2n) is 21.3. The second kappa shape index (κ2) is 25.1. The molecule has 0 spiro atoms. The fourth-order valence-corrected chi connectivity index (χ4v) is 11.4. The third-order valence-electron chi connectivity index (χ3n) is 15.0. The lowest BCUT2D eigenvalue weighted by Gasteiger charge is -2.60. The number of benzene rings is 1. The van der Waals surface area contributed by atoms with E-state index in [-0.39, 0.29) is 71.0 Å². The number of hydrogen-bond donors (Lipinski definition) is 0. The monoisotopic (exact) mass is 989 g/mol. The van der Waals surface area contributed by atoms with Crippen molar-refractivity contribution in [2.75, 3.05) is 6.61 Å². The SMILES string of the molecule is C=C(C)C(=O)OC1(CC)C2CC3CC(C2)CC1C3.C=Cc1ccc(OC(C)=O)cc1.CC(C)C(=O)OC1C2CC3C(=O)OC1C3C2.CC(C)C(=O)OCC(F)(F)F.CCC1(OC(=O)C(C)C)CCCC1. The summed E-state index contributed by atoms with van der Waals surface area (Å²) in [7, 11) is 0. The van der Waals surface area contributed by atoms with Crippen LogP contribution in [0.1, 0.15) is 158 Å². The number of alkyl halides is 3. The molecular weight excluding hydrogens is 910 g/mol. The zero-order chi connectivity index (χ0) is 52.3. The molecule has 1 aromatic carbocycles. The van der Waals surface area contributed by atoms with Gasteiger partial charge in [-0.05, 0) is 132 Å². The number of carbonyl (C=O) groups excluding carboxylic acids is 6. The van der Waals surface area contributed by atoms with Gasteiger partial charge in [-0.25, -0.2) is 4.79 Å². The van der Waals surface area contributed by atoms with E-state index < -0.39 is 24.7 Å². The quantitative estimate of drug-likeness (QED) is 0.0846. The Morgan fingerprint density at radius 1 is 0.771 bits per heavy atom. The van der Waals surface area contributed by atoms with E-state index in [1.165, 1.54) is 65.7 Å². The highest BCUT2D eigenvalue weighted by Crippen LogP contribution is 2.61. The van der Waals surface area contributed by atoms with Gasteiger partial charge < -0.3 is 28.4 Å². The molecule has 0 radical (unpaired) electrons. The van der Waals surface area contributed by atoms with Crippen molar-refractivity contribution in [1.29, 1.82) is 0 Å². The smallest absolute Gasteiger partial charge is 0.422 e. The van der Waals surface area contributed by atoms with Crippen LogP contribution in [0.5, 0.6) is 5.75 Å². The van der Waals surface area contributed by atoms with E-state index in [0.29, 0.717) is 35.0 Å². The summed E-state index contributed by atoms with van der Waals surface area (Å²) < 4.78 is 65.3. The van der Waals surface area contributed by atoms with Crippen LogP contribution in [0.25, 0.3) is 6.08 Å². The summed E-state index contributed by atoms with van der Waals surface area (Å²) in [6.45, 7) is 23.6. The fourth-order valence-electron chi connectivity index (χ4n) is 11.4. The molecule has 0 aromatic heterocycles. The van der Waals surface area contributed by atoms with Crippen LogP contribution in [0, 0.1) is 59.2 Å². The summed E-state index contributed by atoms with van der Waals surface area (Å²) in [6.07, 6.45) is 11.8. The zero-order valence-electron chi connectivity index (χ0n) is 43.2. The van der Waals surface area contributed by atoms with Gasteiger partial charge in [-0.1, -0.05) is 86.8 Å². The summed E-state index contributed by atoms with van der Waals surface area (Å²) >= 11 is 0. The Morgan fingerprint density at radius 3 is 1.76 bits per heavy atom. The molecule has 1 aliphatic heterocycles. The standard InChI is InChI=1S/C16H24O2.C12H16O4.C11H20O2.C10H10O2.C6H9F3O2/c1-4-16(18-15(17)10(2)3)13-6-11-5-12(8-13)9-14(16)7-11;1-5(2)11(13)15-9-6-3-7-8(4-6)12(14)16-10(7)9;1-4-11(7-5-6-8-11)13-10(12)9(2)3;1-3-9-4-6-10(7-5-9)12-8(2)11;1-4(2)5(10)11-3-6(7,8)9/h11-14H,2,4-9H2,1,3H3;5-10H,3-4H2,1-2H3;9H,4-8H2,1-3H3;3-7H,1H2,2H3;4H,3H2,1-2H3. The van der Waals surface area contributed by atoms with E-state index in [1.54, 1.807) is 25.1 Å². The Hall–Kier alpha value is -4.69. The Balaban J connectivity index is 0.000000193. The number of ether oxygens (including phenoxy) is 6. The van der Waals surface area contributed by atoms with Gasteiger partial charge in [0, 0.05) is 24.3 Å². The first-order valence-electron chi connectivity index (χ1n) is 25.4. The van der Waals surface area contributed by atoms with Crippen molar-refractivity contribution in [2.45, 2.75) is 182 Å². The van der Waals surface area contributed by atoms with E-state index in [2.05, 4.69) is 31.7 Å². The normalized spacial score (nSPS) is 28.9. The zero-order valence-corrected chi connectivity index (χ0v) is 43.2. The summed E-state index contributed by atoms with van der Waals surface area (Å²) in [6, 6.07) is 7.15. The minimum absolute atomic E-state index is 0.00373. The van der Waals surface area contributed by atoms with Crippen LogP contribution in [-0.2, 0) is 52.5 Å². The highest BCUT2D eigenvalue weighted by Gasteiger charge is 2.63. The molecule has 392 valence electrons. The lowest BCUT2D eigenvalue weighted by molar-refractivity contribution is -0.207. The lowest BCUT2D eigenvalue weighted by Crippen LogP contribution is -2.59. The van der Waals surface area contributed by atoms with Gasteiger partial charge in [0.25, 0.3) is 0 Å². The van der Waals surface area contributed by atoms with Crippen LogP contribution >= 0.6 is 0 Å². The average molecular weight is 989 g/mol. The van der Waals surface area contributed by atoms with Crippen molar-refractivity contribution in [2.24, 2.45) is 59.2 Å². The molecule has 8 fully saturated rings. The molecule has 12 nitrogen and oxygen atoms in total. The van der Waals surface area contributed by atoms with Gasteiger partial charge in [0.2, 0.25) is 0 Å². The van der Waals surface area contributed by atoms with E-state index in [4.69, 9.17) is 23.7 Å². The summed E-state index contributed by atoms with van der Waals surface area (Å²) in [5.74, 6) is 2.10. The van der Waals surface area contributed by atoms with Crippen molar-refractivity contribution in [3.63, 3.8) is 0 Å². The average Bonchev–Trinajstić information content (AvgIpc) is 4.07. The first kappa shape index (κ1) is 57.9. The fraction of sp³-hybridized carbons (Fsp3) is 0.709. The third kappa shape index (κ3) is 15.4. The van der Waals surface area contributed by atoms with E-state index >= 15 is 0 Å². The molecule has 7 saturated carbocycles. The first-order chi connectivity index (χ1) is 32.8. The number of fused-ring (bicyclic) bond motifs is 1. The van der Waals surface area contributed by atoms with Crippen LogP contribution in [-0.4, -0.2) is 72.0 Å². The Morgan fingerprint density at radius 2 is 1.31 bits per heavy atom. The van der Waals surface area contributed by atoms with E-state index in [0.717, 1.165) is 55.9 Å². The predicted octanol–water partition coefficient (Wildman–Crippen LogP) is 11.8. The summed E-state index contributed by atoms with van der Waals surface area (Å²) in [5, 5.41) is 0. The van der Waals surface area contributed by atoms with Crippen LogP contribution < -0.4 is 4.74 Å². The summed E-state index contributed by atoms with van der Waals surface area (Å²) in [4.78, 5) is 67.5. The molecular formula is C55H79F3O12. The maximum Gasteiger partial charge on any atom is 0.422 e. The van der Waals surface area contributed by atoms with Crippen LogP contribution in [0.2, 0.25) is 0 Å². The van der Waals surface area contributed by atoms with Crippen LogP contribution in [0.4, 0.5) is 13.2 Å². The minimum atomic E-state index is -4.43. The van der Waals surface area contributed by atoms with Gasteiger partial charge in [0.1, 0.15) is 29.2 Å². The first-order valence-corrected chi connectivity index (χ1v) is 25.4. The molecule has 9 rings (SSSR count). The van der Waals surface area contributed by atoms with Gasteiger partial charge in [0.15, 0.2) is 6.61 Å². The van der Waals surface area contributed by atoms with E-state index in [1.807, 2.05) is 39.8 Å². The highest BCUT2D eigenvalue weighted by molar-refractivity contribution is 5.87. The maximum absolute atomic E-state index is 12.0. The molecule has 0 amide bonds. The van der Waals surface area contributed by atoms with Crippen LogP contribution in [0.3, 0.4) is 0 Å². The van der Waals surface area contributed by atoms with Gasteiger partial charge in [-0.2, -0.15) is 13.2 Å². The second-order valence-corrected chi connectivity index (χ2v) is 21.3. The topological polar surface area (TPSA) is 158 Å². The van der Waals surface area contributed by atoms with Gasteiger partial charge in [0.05, 0.1) is 23.7 Å². The van der Waals surface area contributed by atoms with Gasteiger partial charge in [-0.3, -0.25) is 24.0 Å². The Kier molecular flexibility index (Phi) is 20.8. The number of carbonyl (C=O) groups is 6. The molecule has 8 aliphatic rings. The molecule has 6 bridgehead atoms. The van der Waals surface area contributed by atoms with Crippen molar-refractivity contribution in [3.05, 3.63) is 48.6 Å². The number of esters is 6. The lowest BCUT2D eigenvalue weighted by atomic mass is 9.49. The molecule has 1 saturated heterocycles. The molecule has 7 aliphatic carbocycles. The van der Waals surface area contributed by atoms with Crippen molar-refractivity contribution in [1.82, 2.24) is 0 Å². The van der Waals surface area contributed by atoms with Crippen molar-refractivity contribution in [3.8, 4) is 5.75 Å². The number of hydrogen-bond acceptors (Lipinski definition) is 12. The largest absolute Gasteiger partial charge is 0.459 e. The van der Waals surface area contributed by atoms with Gasteiger partial charge in [-0.15, -0.1) is 0 Å². The maximum atomic E-state index is 12.0. The van der Waals surface area contributed by atoms with Crippen LogP contribution in [0.15, 0.2) is 43.0 Å². The van der Waals surface area contributed by atoms with Crippen molar-refractivity contribution >= 4 is 41.9 Å². The van der Waals surface area contributed by atoms with E-state index in [9.17, 15) is 41.9 Å². The van der Waals surface area contributed by atoms with Gasteiger partial charge >= 0.3 is 42.0 Å². The Labute approximate surface area is 413 Å². The molecule has 5 atom stereocenters. The minimum Gasteiger partial charge on any atom is -0.459 e. The number of halogens is 3.